The zero-order valence-electron chi connectivity index (χ0n) is 11.6. The van der Waals surface area contributed by atoms with E-state index in [1.54, 1.807) is 11.3 Å². The van der Waals surface area contributed by atoms with Crippen LogP contribution >= 0.6 is 11.3 Å². The fourth-order valence-corrected chi connectivity index (χ4v) is 2.42. The van der Waals surface area contributed by atoms with E-state index in [-0.39, 0.29) is 6.04 Å². The molecular weight excluding hydrogens is 248 g/mol. The van der Waals surface area contributed by atoms with Gasteiger partial charge in [0, 0.05) is 4.88 Å². The quantitative estimate of drug-likeness (QED) is 0.824. The first-order chi connectivity index (χ1) is 8.29. The molecule has 1 rings (SSSR count). The van der Waals surface area contributed by atoms with Crippen LogP contribution in [0.4, 0.5) is 4.79 Å². The number of carbonyl (C=O) groups is 1. The minimum absolute atomic E-state index is 0.0949. The lowest BCUT2D eigenvalue weighted by atomic mass is 10.0. The third-order valence-corrected chi connectivity index (χ3v) is 3.20. The Morgan fingerprint density at radius 1 is 1.39 bits per heavy atom. The van der Waals surface area contributed by atoms with Crippen LogP contribution in [0.3, 0.4) is 0 Å². The van der Waals surface area contributed by atoms with Crippen LogP contribution in [0, 0.1) is 5.92 Å². The molecule has 0 aliphatic heterocycles. The molecule has 0 fully saturated rings. The molecule has 1 atom stereocenters. The lowest BCUT2D eigenvalue weighted by molar-refractivity contribution is 0.0482. The molecule has 1 aromatic rings. The van der Waals surface area contributed by atoms with Gasteiger partial charge < -0.3 is 4.74 Å². The van der Waals surface area contributed by atoms with Gasteiger partial charge in [0.15, 0.2) is 0 Å². The molecule has 0 saturated heterocycles. The van der Waals surface area contributed by atoms with Gasteiger partial charge in [-0.15, -0.1) is 11.3 Å². The lowest BCUT2D eigenvalue weighted by Crippen LogP contribution is -2.44. The number of ether oxygens (including phenoxy) is 1. The van der Waals surface area contributed by atoms with Gasteiger partial charge >= 0.3 is 6.09 Å². The molecule has 0 spiro atoms. The van der Waals surface area contributed by atoms with Crippen LogP contribution < -0.4 is 10.9 Å². The van der Waals surface area contributed by atoms with Crippen LogP contribution in [0.25, 0.3) is 0 Å². The topological polar surface area (TPSA) is 50.4 Å². The van der Waals surface area contributed by atoms with Crippen molar-refractivity contribution in [3.63, 3.8) is 0 Å². The molecule has 5 heteroatoms. The molecular formula is C13H22N2O2S. The van der Waals surface area contributed by atoms with Crippen molar-refractivity contribution in [1.29, 1.82) is 0 Å². The van der Waals surface area contributed by atoms with E-state index < -0.39 is 11.7 Å². The van der Waals surface area contributed by atoms with Crippen LogP contribution in [-0.4, -0.2) is 11.7 Å². The average molecular weight is 270 g/mol. The summed E-state index contributed by atoms with van der Waals surface area (Å²) in [5.41, 5.74) is 5.15. The summed E-state index contributed by atoms with van der Waals surface area (Å²) in [7, 11) is 0. The van der Waals surface area contributed by atoms with Crippen LogP contribution in [0.1, 0.15) is 45.5 Å². The molecule has 1 unspecified atom stereocenters. The Labute approximate surface area is 113 Å². The van der Waals surface area contributed by atoms with E-state index in [1.807, 2.05) is 32.2 Å². The number of hydrogen-bond acceptors (Lipinski definition) is 4. The van der Waals surface area contributed by atoms with Gasteiger partial charge in [0.2, 0.25) is 0 Å². The monoisotopic (exact) mass is 270 g/mol. The Bertz CT molecular complexity index is 369. The maximum absolute atomic E-state index is 11.6. The van der Waals surface area contributed by atoms with E-state index in [0.717, 1.165) is 0 Å². The van der Waals surface area contributed by atoms with Crippen LogP contribution in [0.2, 0.25) is 0 Å². The summed E-state index contributed by atoms with van der Waals surface area (Å²) in [5.74, 6) is 0.374. The summed E-state index contributed by atoms with van der Waals surface area (Å²) in [6, 6.07) is 4.15. The minimum atomic E-state index is -0.484. The van der Waals surface area contributed by atoms with E-state index in [1.165, 1.54) is 4.88 Å². The van der Waals surface area contributed by atoms with Gasteiger partial charge in [-0.25, -0.2) is 10.2 Å². The molecule has 1 amide bonds. The van der Waals surface area contributed by atoms with E-state index in [0.29, 0.717) is 5.92 Å². The number of hydrazine groups is 1. The maximum Gasteiger partial charge on any atom is 0.422 e. The van der Waals surface area contributed by atoms with Crippen molar-refractivity contribution in [2.24, 2.45) is 5.92 Å². The van der Waals surface area contributed by atoms with Gasteiger partial charge in [0.1, 0.15) is 5.60 Å². The molecule has 0 aliphatic carbocycles. The fraction of sp³-hybridized carbons (Fsp3) is 0.615. The molecule has 1 heterocycles. The highest BCUT2D eigenvalue weighted by Crippen LogP contribution is 2.25. The fourth-order valence-electron chi connectivity index (χ4n) is 1.47. The minimum Gasteiger partial charge on any atom is -0.443 e. The van der Waals surface area contributed by atoms with Crippen LogP contribution in [-0.2, 0) is 4.74 Å². The van der Waals surface area contributed by atoms with Crippen LogP contribution in [0.5, 0.6) is 0 Å². The molecule has 0 radical (unpaired) electrons. The Hall–Kier alpha value is -1.07. The molecule has 102 valence electrons. The first-order valence-electron chi connectivity index (χ1n) is 6.07. The van der Waals surface area contributed by atoms with Gasteiger partial charge in [-0.3, -0.25) is 5.43 Å². The largest absolute Gasteiger partial charge is 0.443 e. The molecule has 18 heavy (non-hydrogen) atoms. The number of carbonyl (C=O) groups excluding carboxylic acids is 1. The molecule has 0 saturated carbocycles. The summed E-state index contributed by atoms with van der Waals surface area (Å²) >= 11 is 1.67. The van der Waals surface area contributed by atoms with E-state index >= 15 is 0 Å². The molecule has 4 nitrogen and oxygen atoms in total. The molecule has 0 aliphatic rings. The number of hydrogen-bond donors (Lipinski definition) is 2. The Morgan fingerprint density at radius 2 is 2.06 bits per heavy atom. The number of amides is 1. The van der Waals surface area contributed by atoms with Crippen molar-refractivity contribution < 1.29 is 9.53 Å². The van der Waals surface area contributed by atoms with Crippen molar-refractivity contribution >= 4 is 17.4 Å². The second-order valence-electron chi connectivity index (χ2n) is 5.51. The van der Waals surface area contributed by atoms with Crippen molar-refractivity contribution in [2.45, 2.75) is 46.3 Å². The number of nitrogens with one attached hydrogen (secondary N) is 2. The van der Waals surface area contributed by atoms with Gasteiger partial charge in [-0.1, -0.05) is 19.9 Å². The first kappa shape index (κ1) is 15.0. The van der Waals surface area contributed by atoms with Crippen molar-refractivity contribution in [1.82, 2.24) is 10.9 Å². The highest BCUT2D eigenvalue weighted by Gasteiger charge is 2.20. The Kier molecular flexibility index (Phi) is 5.16. The second kappa shape index (κ2) is 6.20. The van der Waals surface area contributed by atoms with Crippen molar-refractivity contribution in [3.05, 3.63) is 22.4 Å². The zero-order chi connectivity index (χ0) is 13.8. The molecule has 0 bridgehead atoms. The van der Waals surface area contributed by atoms with Gasteiger partial charge in [0.25, 0.3) is 0 Å². The summed E-state index contributed by atoms with van der Waals surface area (Å²) in [6.45, 7) is 9.73. The smallest absolute Gasteiger partial charge is 0.422 e. The van der Waals surface area contributed by atoms with Crippen molar-refractivity contribution in [2.75, 3.05) is 0 Å². The number of rotatable bonds is 4. The zero-order valence-corrected chi connectivity index (χ0v) is 12.4. The van der Waals surface area contributed by atoms with E-state index in [9.17, 15) is 4.79 Å². The standard InChI is InChI=1S/C13H22N2O2S/c1-9(2)11(10-7-6-8-18-10)14-15-12(16)17-13(3,4)5/h6-9,11,14H,1-5H3,(H,15,16). The number of thiophene rings is 1. The maximum atomic E-state index is 11.6. The first-order valence-corrected chi connectivity index (χ1v) is 6.95. The predicted octanol–water partition coefficient (Wildman–Crippen LogP) is 3.47. The summed E-state index contributed by atoms with van der Waals surface area (Å²) in [5, 5.41) is 2.03. The molecule has 1 aromatic heterocycles. The van der Waals surface area contributed by atoms with Gasteiger partial charge in [-0.05, 0) is 38.1 Å². The third-order valence-electron chi connectivity index (χ3n) is 2.24. The third kappa shape index (κ3) is 5.06. The summed E-state index contributed by atoms with van der Waals surface area (Å²) < 4.78 is 5.18. The van der Waals surface area contributed by atoms with Gasteiger partial charge in [0.05, 0.1) is 6.04 Å². The highest BCUT2D eigenvalue weighted by atomic mass is 32.1. The summed E-state index contributed by atoms with van der Waals surface area (Å²) in [6.07, 6.45) is -0.454. The van der Waals surface area contributed by atoms with E-state index in [4.69, 9.17) is 4.74 Å². The second-order valence-corrected chi connectivity index (χ2v) is 6.49. The lowest BCUT2D eigenvalue weighted by Gasteiger charge is -2.24. The molecule has 0 aromatic carbocycles. The Morgan fingerprint density at radius 3 is 2.50 bits per heavy atom. The normalized spacial score (nSPS) is 13.4. The van der Waals surface area contributed by atoms with E-state index in [2.05, 4.69) is 30.8 Å². The highest BCUT2D eigenvalue weighted by molar-refractivity contribution is 7.10. The average Bonchev–Trinajstić information content (AvgIpc) is 2.67. The summed E-state index contributed by atoms with van der Waals surface area (Å²) in [4.78, 5) is 12.8. The predicted molar refractivity (Wildman–Crippen MR) is 74.4 cm³/mol. The van der Waals surface area contributed by atoms with Gasteiger partial charge in [-0.2, -0.15) is 0 Å². The van der Waals surface area contributed by atoms with Crippen molar-refractivity contribution in [3.8, 4) is 0 Å². The van der Waals surface area contributed by atoms with Crippen LogP contribution in [0.15, 0.2) is 17.5 Å². The Balaban J connectivity index is 2.52. The SMILES string of the molecule is CC(C)C(NNC(=O)OC(C)(C)C)c1cccs1. The molecule has 2 N–H and O–H groups in total.